The largest absolute Gasteiger partial charge is 0.493 e. The van der Waals surface area contributed by atoms with Crippen LogP contribution in [0.5, 0.6) is 11.5 Å². The van der Waals surface area contributed by atoms with Crippen LogP contribution in [0.25, 0.3) is 0 Å². The third kappa shape index (κ3) is 6.36. The van der Waals surface area contributed by atoms with Crippen LogP contribution in [0.2, 0.25) is 0 Å². The minimum atomic E-state index is -0.727. The second-order valence-corrected chi connectivity index (χ2v) is 8.76. The maximum atomic E-state index is 13.1. The monoisotopic (exact) mass is 489 g/mol. The van der Waals surface area contributed by atoms with Crippen molar-refractivity contribution < 1.29 is 28.6 Å². The van der Waals surface area contributed by atoms with Crippen molar-refractivity contribution in [1.29, 1.82) is 0 Å². The Hall–Kier alpha value is -4.00. The van der Waals surface area contributed by atoms with Crippen molar-refractivity contribution in [3.8, 4) is 11.5 Å². The number of hydrogen-bond donors (Lipinski definition) is 0. The van der Waals surface area contributed by atoms with Gasteiger partial charge in [0.25, 0.3) is 0 Å². The normalized spacial score (nSPS) is 13.2. The molecule has 0 saturated carbocycles. The van der Waals surface area contributed by atoms with Crippen molar-refractivity contribution in [3.63, 3.8) is 0 Å². The molecule has 0 bridgehead atoms. The van der Waals surface area contributed by atoms with E-state index in [1.165, 1.54) is 19.4 Å². The van der Waals surface area contributed by atoms with Crippen LogP contribution in [0, 0.1) is 12.8 Å². The van der Waals surface area contributed by atoms with Crippen LogP contribution in [0.15, 0.2) is 66.9 Å². The Balaban J connectivity index is 1.71. The van der Waals surface area contributed by atoms with Gasteiger partial charge in [-0.05, 0) is 37.1 Å². The topological polar surface area (TPSA) is 91.8 Å². The lowest BCUT2D eigenvalue weighted by atomic mass is 9.92. The maximum absolute atomic E-state index is 13.1. The van der Waals surface area contributed by atoms with E-state index in [1.807, 2.05) is 45.0 Å². The van der Waals surface area contributed by atoms with Crippen LogP contribution in [0.4, 0.5) is 0 Å². The molecule has 0 N–H and O–H groups in total. The number of ether oxygens (including phenoxy) is 3. The highest BCUT2D eigenvalue weighted by atomic mass is 16.6. The summed E-state index contributed by atoms with van der Waals surface area (Å²) in [4.78, 5) is 42.7. The molecule has 2 aromatic carbocycles. The molecule has 0 spiro atoms. The van der Waals surface area contributed by atoms with E-state index in [1.54, 1.807) is 37.3 Å². The first-order valence-corrected chi connectivity index (χ1v) is 11.8. The van der Waals surface area contributed by atoms with Gasteiger partial charge in [0.05, 0.1) is 18.6 Å². The summed E-state index contributed by atoms with van der Waals surface area (Å²) in [5.41, 5.74) is 2.46. The first-order valence-electron chi connectivity index (χ1n) is 11.8. The van der Waals surface area contributed by atoms with Crippen molar-refractivity contribution in [2.75, 3.05) is 7.11 Å². The number of carbonyl (C=O) groups excluding carboxylic acids is 3. The summed E-state index contributed by atoms with van der Waals surface area (Å²) in [5, 5.41) is 0. The summed E-state index contributed by atoms with van der Waals surface area (Å²) in [5.74, 6) is -2.23. The Bertz CT molecular complexity index is 1220. The third-order valence-electron chi connectivity index (χ3n) is 6.14. The van der Waals surface area contributed by atoms with Gasteiger partial charge in [0.2, 0.25) is 5.75 Å². The van der Waals surface area contributed by atoms with Crippen LogP contribution in [0.3, 0.4) is 0 Å². The number of benzene rings is 2. The Morgan fingerprint density at radius 3 is 2.25 bits per heavy atom. The Morgan fingerprint density at radius 1 is 0.917 bits per heavy atom. The molecular weight excluding hydrogens is 458 g/mol. The smallest absolute Gasteiger partial charge is 0.343 e. The van der Waals surface area contributed by atoms with Gasteiger partial charge in [0.15, 0.2) is 17.2 Å². The molecule has 3 atom stereocenters. The van der Waals surface area contributed by atoms with Crippen molar-refractivity contribution in [3.05, 3.63) is 89.2 Å². The molecule has 36 heavy (non-hydrogen) atoms. The van der Waals surface area contributed by atoms with Gasteiger partial charge in [-0.25, -0.2) is 9.78 Å². The van der Waals surface area contributed by atoms with Crippen molar-refractivity contribution >= 4 is 17.7 Å². The Morgan fingerprint density at radius 2 is 1.58 bits per heavy atom. The minimum absolute atomic E-state index is 0.0119. The Labute approximate surface area is 211 Å². The number of aromatic nitrogens is 1. The number of hydrogen-bond acceptors (Lipinski definition) is 7. The standard InChI is InChI=1S/C29H31NO6/c1-18-11-9-10-14-23(18)20(3)21(4)35-28(32)19(2)17-24(31)26-27(25(34-5)15-16-30-26)36-29(33)22-12-7-6-8-13-22/h6-16,19-21H,17H2,1-5H3/t19-,20-,21+/m1/s1. The van der Waals surface area contributed by atoms with E-state index in [2.05, 4.69) is 4.98 Å². The molecule has 1 heterocycles. The first kappa shape index (κ1) is 26.6. The predicted octanol–water partition coefficient (Wildman–Crippen LogP) is 5.56. The molecule has 0 saturated heterocycles. The molecule has 0 radical (unpaired) electrons. The van der Waals surface area contributed by atoms with Crippen LogP contribution >= 0.6 is 0 Å². The van der Waals surface area contributed by atoms with Gasteiger partial charge in [-0.3, -0.25) is 9.59 Å². The zero-order valence-corrected chi connectivity index (χ0v) is 21.2. The molecule has 0 aliphatic heterocycles. The molecule has 0 amide bonds. The molecule has 3 rings (SSSR count). The number of rotatable bonds is 10. The van der Waals surface area contributed by atoms with E-state index >= 15 is 0 Å². The van der Waals surface area contributed by atoms with E-state index in [9.17, 15) is 14.4 Å². The fourth-order valence-corrected chi connectivity index (χ4v) is 3.82. The predicted molar refractivity (Wildman–Crippen MR) is 135 cm³/mol. The Kier molecular flexibility index (Phi) is 8.95. The van der Waals surface area contributed by atoms with Gasteiger partial charge in [0, 0.05) is 24.6 Å². The lowest BCUT2D eigenvalue weighted by Gasteiger charge is -2.23. The number of nitrogens with zero attached hydrogens (tertiary/aromatic N) is 1. The summed E-state index contributed by atoms with van der Waals surface area (Å²) < 4.78 is 16.5. The number of ketones is 1. The summed E-state index contributed by atoms with van der Waals surface area (Å²) in [7, 11) is 1.40. The molecule has 1 aromatic heterocycles. The average Bonchev–Trinajstić information content (AvgIpc) is 2.88. The zero-order valence-electron chi connectivity index (χ0n) is 21.2. The molecule has 7 nitrogen and oxygen atoms in total. The molecule has 0 aliphatic rings. The fourth-order valence-electron chi connectivity index (χ4n) is 3.82. The van der Waals surface area contributed by atoms with Crippen LogP contribution in [-0.2, 0) is 9.53 Å². The van der Waals surface area contributed by atoms with E-state index in [4.69, 9.17) is 14.2 Å². The molecular formula is C29H31NO6. The molecule has 3 aromatic rings. The summed E-state index contributed by atoms with van der Waals surface area (Å²) in [6.45, 7) is 7.49. The van der Waals surface area contributed by atoms with Gasteiger partial charge in [-0.2, -0.15) is 0 Å². The van der Waals surface area contributed by atoms with Gasteiger partial charge < -0.3 is 14.2 Å². The third-order valence-corrected chi connectivity index (χ3v) is 6.14. The highest BCUT2D eigenvalue weighted by Gasteiger charge is 2.28. The number of aryl methyl sites for hydroxylation is 1. The SMILES string of the molecule is COc1ccnc(C(=O)C[C@@H](C)C(=O)O[C@@H](C)[C@@H](C)c2ccccc2C)c1OC(=O)c1ccccc1. The van der Waals surface area contributed by atoms with Crippen LogP contribution in [0.1, 0.15) is 65.1 Å². The van der Waals surface area contributed by atoms with E-state index in [-0.39, 0.29) is 35.6 Å². The van der Waals surface area contributed by atoms with Gasteiger partial charge in [0.1, 0.15) is 6.10 Å². The van der Waals surface area contributed by atoms with Crippen LogP contribution in [-0.4, -0.2) is 35.9 Å². The van der Waals surface area contributed by atoms with Crippen molar-refractivity contribution in [2.45, 2.75) is 46.1 Å². The minimum Gasteiger partial charge on any atom is -0.493 e. The number of methoxy groups -OCH3 is 1. The van der Waals surface area contributed by atoms with Crippen molar-refractivity contribution in [1.82, 2.24) is 4.98 Å². The zero-order chi connectivity index (χ0) is 26.2. The molecule has 188 valence electrons. The number of Topliss-reactive ketones (excluding diaryl/α,β-unsaturated/α-hetero) is 1. The second kappa shape index (κ2) is 12.1. The number of carbonyl (C=O) groups is 3. The quantitative estimate of drug-likeness (QED) is 0.272. The molecule has 0 fully saturated rings. The highest BCUT2D eigenvalue weighted by Crippen LogP contribution is 2.32. The lowest BCUT2D eigenvalue weighted by molar-refractivity contribution is -0.153. The summed E-state index contributed by atoms with van der Waals surface area (Å²) in [6.07, 6.45) is 0.842. The number of pyridine rings is 1. The van der Waals surface area contributed by atoms with Gasteiger partial charge >= 0.3 is 11.9 Å². The van der Waals surface area contributed by atoms with E-state index in [0.29, 0.717) is 5.56 Å². The number of esters is 2. The maximum Gasteiger partial charge on any atom is 0.343 e. The fraction of sp³-hybridized carbons (Fsp3) is 0.310. The average molecular weight is 490 g/mol. The lowest BCUT2D eigenvalue weighted by Crippen LogP contribution is -2.26. The summed E-state index contributed by atoms with van der Waals surface area (Å²) >= 11 is 0. The van der Waals surface area contributed by atoms with E-state index < -0.39 is 23.6 Å². The van der Waals surface area contributed by atoms with Crippen LogP contribution < -0.4 is 9.47 Å². The van der Waals surface area contributed by atoms with Gasteiger partial charge in [-0.1, -0.05) is 56.3 Å². The molecule has 7 heteroatoms. The van der Waals surface area contributed by atoms with E-state index in [0.717, 1.165) is 11.1 Å². The highest BCUT2D eigenvalue weighted by molar-refractivity contribution is 6.01. The molecule has 0 unspecified atom stereocenters. The summed E-state index contributed by atoms with van der Waals surface area (Å²) in [6, 6.07) is 17.8. The van der Waals surface area contributed by atoms with Gasteiger partial charge in [-0.15, -0.1) is 0 Å². The molecule has 0 aliphatic carbocycles. The van der Waals surface area contributed by atoms with Crippen molar-refractivity contribution in [2.24, 2.45) is 5.92 Å². The first-order chi connectivity index (χ1) is 17.2. The second-order valence-electron chi connectivity index (χ2n) is 8.76.